The largest absolute Gasteiger partial charge is 0.329 e. The minimum Gasteiger partial charge on any atom is -0.329 e. The van der Waals surface area contributed by atoms with Gasteiger partial charge in [-0.2, -0.15) is 0 Å². The van der Waals surface area contributed by atoms with Gasteiger partial charge >= 0.3 is 0 Å². The molecule has 0 amide bonds. The minimum absolute atomic E-state index is 0.439. The molecular weight excluding hydrogens is 358 g/mol. The lowest BCUT2D eigenvalue weighted by molar-refractivity contribution is 0.0827. The van der Waals surface area contributed by atoms with Crippen LogP contribution in [0.15, 0.2) is 49.1 Å². The summed E-state index contributed by atoms with van der Waals surface area (Å²) in [6.45, 7) is 4.33. The standard InChI is InChI=1S/C24H31N5/c1-27-11-13-28(14-12-27)21-7-9-22(10-8-21)29-17-20(15-19-5-3-2-4-6-19)23-16-25-18-26-24(23)29/h2-6,16-18,21-22H,7-15H2,1H3/i1D. The normalized spacial score (nSPS) is 24.6. The Morgan fingerprint density at radius 3 is 2.52 bits per heavy atom. The van der Waals surface area contributed by atoms with Crippen LogP contribution in [0.4, 0.5) is 0 Å². The van der Waals surface area contributed by atoms with E-state index in [4.69, 9.17) is 1.37 Å². The fourth-order valence-electron chi connectivity index (χ4n) is 5.12. The Morgan fingerprint density at radius 1 is 1.00 bits per heavy atom. The SMILES string of the molecule is [2H]CN1CCN(C2CCC(n3cc(Cc4ccccc4)c4cncnc43)CC2)CC1. The highest BCUT2D eigenvalue weighted by Crippen LogP contribution is 2.35. The molecule has 0 bridgehead atoms. The van der Waals surface area contributed by atoms with E-state index in [2.05, 4.69) is 60.9 Å². The molecule has 2 fully saturated rings. The van der Waals surface area contributed by atoms with Gasteiger partial charge in [0.25, 0.3) is 0 Å². The second kappa shape index (κ2) is 8.25. The van der Waals surface area contributed by atoms with Gasteiger partial charge in [0.05, 0.1) is 0 Å². The average molecular weight is 391 g/mol. The van der Waals surface area contributed by atoms with Gasteiger partial charge in [0.2, 0.25) is 0 Å². The van der Waals surface area contributed by atoms with Gasteiger partial charge < -0.3 is 9.47 Å². The number of aromatic nitrogens is 3. The number of likely N-dealkylation sites (N-methyl/N-ethyl adjacent to an activating group) is 1. The maximum absolute atomic E-state index is 7.56. The molecule has 5 rings (SSSR count). The average Bonchev–Trinajstić information content (AvgIpc) is 3.18. The van der Waals surface area contributed by atoms with Crippen LogP contribution in [-0.4, -0.2) is 63.6 Å². The van der Waals surface area contributed by atoms with Crippen molar-refractivity contribution in [2.24, 2.45) is 0 Å². The number of nitrogens with zero attached hydrogens (tertiary/aromatic N) is 5. The number of piperazine rings is 1. The topological polar surface area (TPSA) is 37.2 Å². The Balaban J connectivity index is 1.30. The molecule has 2 aliphatic rings. The van der Waals surface area contributed by atoms with Crippen LogP contribution >= 0.6 is 0 Å². The lowest BCUT2D eigenvalue weighted by Crippen LogP contribution is -2.49. The Kier molecular flexibility index (Phi) is 5.01. The van der Waals surface area contributed by atoms with E-state index in [0.717, 1.165) is 38.2 Å². The molecule has 1 aliphatic carbocycles. The molecule has 3 heterocycles. The lowest BCUT2D eigenvalue weighted by Gasteiger charge is -2.41. The van der Waals surface area contributed by atoms with Crippen molar-refractivity contribution in [3.05, 3.63) is 60.2 Å². The van der Waals surface area contributed by atoms with Gasteiger partial charge in [-0.05, 0) is 50.3 Å². The third kappa shape index (κ3) is 3.94. The van der Waals surface area contributed by atoms with Crippen LogP contribution in [0.1, 0.15) is 44.2 Å². The first-order chi connectivity index (χ1) is 14.8. The minimum atomic E-state index is 0.439. The van der Waals surface area contributed by atoms with Crippen molar-refractivity contribution < 1.29 is 1.37 Å². The van der Waals surface area contributed by atoms with Gasteiger partial charge in [0.15, 0.2) is 0 Å². The molecular formula is C24H31N5. The highest BCUT2D eigenvalue weighted by molar-refractivity contribution is 5.80. The molecule has 0 radical (unpaired) electrons. The third-order valence-corrected chi connectivity index (χ3v) is 6.80. The summed E-state index contributed by atoms with van der Waals surface area (Å²) in [5.74, 6) is 0. The van der Waals surface area contributed by atoms with Crippen LogP contribution < -0.4 is 0 Å². The predicted molar refractivity (Wildman–Crippen MR) is 117 cm³/mol. The molecule has 0 unspecified atom stereocenters. The predicted octanol–water partition coefficient (Wildman–Crippen LogP) is 3.75. The number of rotatable bonds is 4. The molecule has 29 heavy (non-hydrogen) atoms. The highest BCUT2D eigenvalue weighted by Gasteiger charge is 2.29. The third-order valence-electron chi connectivity index (χ3n) is 6.80. The molecule has 1 saturated heterocycles. The summed E-state index contributed by atoms with van der Waals surface area (Å²) in [6.07, 6.45) is 11.9. The summed E-state index contributed by atoms with van der Waals surface area (Å²) < 4.78 is 10.00. The summed E-state index contributed by atoms with van der Waals surface area (Å²) in [5, 5.41) is 1.19. The van der Waals surface area contributed by atoms with Gasteiger partial charge in [-0.25, -0.2) is 9.97 Å². The number of hydrogen-bond acceptors (Lipinski definition) is 4. The zero-order valence-corrected chi connectivity index (χ0v) is 17.1. The molecule has 152 valence electrons. The molecule has 2 aromatic heterocycles. The summed E-state index contributed by atoms with van der Waals surface area (Å²) >= 11 is 0. The molecule has 0 N–H and O–H groups in total. The molecule has 5 heteroatoms. The first-order valence-corrected chi connectivity index (χ1v) is 10.9. The summed E-state index contributed by atoms with van der Waals surface area (Å²) in [5.41, 5.74) is 3.74. The van der Waals surface area contributed by atoms with Crippen molar-refractivity contribution >= 4 is 11.0 Å². The second-order valence-corrected chi connectivity index (χ2v) is 8.60. The quantitative estimate of drug-likeness (QED) is 0.680. The summed E-state index contributed by atoms with van der Waals surface area (Å²) in [4.78, 5) is 13.9. The Labute approximate surface area is 174 Å². The van der Waals surface area contributed by atoms with Crippen LogP contribution in [-0.2, 0) is 6.42 Å². The van der Waals surface area contributed by atoms with Crippen molar-refractivity contribution in [2.45, 2.75) is 44.2 Å². The number of benzene rings is 1. The van der Waals surface area contributed by atoms with Gasteiger partial charge in [-0.3, -0.25) is 4.90 Å². The van der Waals surface area contributed by atoms with Crippen LogP contribution in [0.2, 0.25) is 0 Å². The first kappa shape index (κ1) is 17.6. The molecule has 0 atom stereocenters. The van der Waals surface area contributed by atoms with Gasteiger partial charge in [-0.1, -0.05) is 30.3 Å². The van der Waals surface area contributed by atoms with Crippen LogP contribution in [0.5, 0.6) is 0 Å². The fraction of sp³-hybridized carbons (Fsp3) is 0.500. The lowest BCUT2D eigenvalue weighted by atomic mass is 9.89. The first-order valence-electron chi connectivity index (χ1n) is 11.6. The zero-order chi connectivity index (χ0) is 20.3. The molecule has 5 nitrogen and oxygen atoms in total. The molecule has 1 saturated carbocycles. The van der Waals surface area contributed by atoms with Crippen molar-refractivity contribution in [1.29, 1.82) is 0 Å². The Morgan fingerprint density at radius 2 is 1.76 bits per heavy atom. The van der Waals surface area contributed by atoms with Crippen molar-refractivity contribution in [3.8, 4) is 0 Å². The maximum Gasteiger partial charge on any atom is 0.143 e. The van der Waals surface area contributed by atoms with Gasteiger partial charge in [0, 0.05) is 57.4 Å². The van der Waals surface area contributed by atoms with Gasteiger partial charge in [0.1, 0.15) is 12.0 Å². The van der Waals surface area contributed by atoms with E-state index in [-0.39, 0.29) is 0 Å². The molecule has 0 spiro atoms. The fourth-order valence-corrected chi connectivity index (χ4v) is 5.12. The van der Waals surface area contributed by atoms with Crippen molar-refractivity contribution in [2.75, 3.05) is 33.2 Å². The number of hydrogen-bond donors (Lipinski definition) is 0. The summed E-state index contributed by atoms with van der Waals surface area (Å²) in [6, 6.07) is 11.9. The number of fused-ring (bicyclic) bond motifs is 1. The molecule has 1 aromatic carbocycles. The van der Waals surface area contributed by atoms with Crippen LogP contribution in [0, 0.1) is 0 Å². The smallest absolute Gasteiger partial charge is 0.143 e. The van der Waals surface area contributed by atoms with E-state index in [0.29, 0.717) is 19.1 Å². The Hall–Kier alpha value is -2.24. The monoisotopic (exact) mass is 390 g/mol. The van der Waals surface area contributed by atoms with Crippen molar-refractivity contribution in [3.63, 3.8) is 0 Å². The zero-order valence-electron chi connectivity index (χ0n) is 18.1. The highest BCUT2D eigenvalue weighted by atomic mass is 15.3. The van der Waals surface area contributed by atoms with Crippen LogP contribution in [0.25, 0.3) is 11.0 Å². The van der Waals surface area contributed by atoms with E-state index < -0.39 is 0 Å². The van der Waals surface area contributed by atoms with E-state index >= 15 is 0 Å². The molecule has 3 aromatic rings. The second-order valence-electron chi connectivity index (χ2n) is 8.60. The molecule has 1 aliphatic heterocycles. The van der Waals surface area contributed by atoms with Crippen molar-refractivity contribution in [1.82, 2.24) is 24.3 Å². The maximum atomic E-state index is 7.56. The Bertz CT molecular complexity index is 956. The van der Waals surface area contributed by atoms with E-state index in [9.17, 15) is 0 Å². The summed E-state index contributed by atoms with van der Waals surface area (Å²) in [7, 11) is 0.439. The van der Waals surface area contributed by atoms with E-state index in [1.165, 1.54) is 42.2 Å². The van der Waals surface area contributed by atoms with Crippen LogP contribution in [0.3, 0.4) is 0 Å². The van der Waals surface area contributed by atoms with E-state index in [1.807, 2.05) is 6.20 Å². The van der Waals surface area contributed by atoms with E-state index in [1.54, 1.807) is 6.33 Å². The van der Waals surface area contributed by atoms with Gasteiger partial charge in [-0.15, -0.1) is 0 Å².